The van der Waals surface area contributed by atoms with Crippen LogP contribution < -0.4 is 5.32 Å². The molecule has 1 amide bonds. The topological polar surface area (TPSA) is 88.8 Å². The van der Waals surface area contributed by atoms with Crippen molar-refractivity contribution in [1.29, 1.82) is 0 Å². The third kappa shape index (κ3) is 4.19. The van der Waals surface area contributed by atoms with E-state index in [0.717, 1.165) is 5.39 Å². The number of ether oxygens (including phenoxy) is 1. The van der Waals surface area contributed by atoms with E-state index < -0.39 is 15.9 Å². The van der Waals surface area contributed by atoms with Gasteiger partial charge in [0, 0.05) is 36.8 Å². The van der Waals surface area contributed by atoms with Gasteiger partial charge < -0.3 is 14.5 Å². The normalized spacial score (nSPS) is 12.1. The Morgan fingerprint density at radius 3 is 2.41 bits per heavy atom. The van der Waals surface area contributed by atoms with Crippen LogP contribution in [0.3, 0.4) is 0 Å². The van der Waals surface area contributed by atoms with E-state index in [1.807, 2.05) is 18.2 Å². The molecule has 1 N–H and O–H groups in total. The fourth-order valence-electron chi connectivity index (χ4n) is 2.91. The first-order valence-electron chi connectivity index (χ1n) is 9.14. The predicted molar refractivity (Wildman–Crippen MR) is 111 cm³/mol. The van der Waals surface area contributed by atoms with Gasteiger partial charge >= 0.3 is 0 Å². The number of furan rings is 1. The van der Waals surface area contributed by atoms with Crippen LogP contribution in [0.25, 0.3) is 11.0 Å². The highest BCUT2D eigenvalue weighted by atomic mass is 32.2. The van der Waals surface area contributed by atoms with E-state index in [1.54, 1.807) is 39.2 Å². The Labute approximate surface area is 170 Å². The van der Waals surface area contributed by atoms with Crippen molar-refractivity contribution in [2.75, 3.05) is 19.5 Å². The molecule has 0 bridgehead atoms. The van der Waals surface area contributed by atoms with Gasteiger partial charge in [-0.05, 0) is 44.2 Å². The number of carbonyl (C=O) groups is 1. The van der Waals surface area contributed by atoms with Crippen LogP contribution in [0, 0.1) is 0 Å². The van der Waals surface area contributed by atoms with Gasteiger partial charge in [0.15, 0.2) is 5.76 Å². The molecule has 0 saturated carbocycles. The Hall–Kier alpha value is -2.68. The summed E-state index contributed by atoms with van der Waals surface area (Å²) in [4.78, 5) is 12.9. The van der Waals surface area contributed by atoms with Gasteiger partial charge in [0.1, 0.15) is 5.58 Å². The number of nitrogens with one attached hydrogen (secondary N) is 1. The van der Waals surface area contributed by atoms with Crippen molar-refractivity contribution in [1.82, 2.24) is 4.31 Å². The van der Waals surface area contributed by atoms with Crippen molar-refractivity contribution in [3.05, 3.63) is 59.9 Å². The maximum atomic E-state index is 12.8. The second-order valence-corrected chi connectivity index (χ2v) is 8.93. The van der Waals surface area contributed by atoms with Crippen LogP contribution in [0.2, 0.25) is 0 Å². The van der Waals surface area contributed by atoms with Crippen molar-refractivity contribution in [3.63, 3.8) is 0 Å². The van der Waals surface area contributed by atoms with Crippen LogP contribution in [0.1, 0.15) is 30.0 Å². The maximum absolute atomic E-state index is 12.8. The summed E-state index contributed by atoms with van der Waals surface area (Å²) >= 11 is 0. The second kappa shape index (κ2) is 8.36. The Balaban J connectivity index is 1.85. The molecule has 3 rings (SSSR count). The summed E-state index contributed by atoms with van der Waals surface area (Å²) in [6, 6.07) is 13.2. The van der Waals surface area contributed by atoms with Gasteiger partial charge in [-0.3, -0.25) is 4.79 Å². The van der Waals surface area contributed by atoms with E-state index in [9.17, 15) is 13.2 Å². The molecule has 1 aromatic heterocycles. The largest absolute Gasteiger partial charge is 0.451 e. The van der Waals surface area contributed by atoms with Gasteiger partial charge in [-0.2, -0.15) is 4.31 Å². The highest BCUT2D eigenvalue weighted by molar-refractivity contribution is 7.89. The minimum Gasteiger partial charge on any atom is -0.451 e. The highest BCUT2D eigenvalue weighted by Crippen LogP contribution is 2.27. The number of carbonyl (C=O) groups excluding carboxylic acids is 1. The summed E-state index contributed by atoms with van der Waals surface area (Å²) in [5.74, 6) is -0.257. The van der Waals surface area contributed by atoms with Crippen LogP contribution >= 0.6 is 0 Å². The van der Waals surface area contributed by atoms with Crippen LogP contribution in [-0.4, -0.2) is 38.8 Å². The maximum Gasteiger partial charge on any atom is 0.291 e. The molecule has 0 radical (unpaired) electrons. The summed E-state index contributed by atoms with van der Waals surface area (Å²) < 4.78 is 37.4. The second-order valence-electron chi connectivity index (χ2n) is 6.93. The highest BCUT2D eigenvalue weighted by Gasteiger charge is 2.24. The van der Waals surface area contributed by atoms with Crippen LogP contribution in [0.15, 0.2) is 57.8 Å². The van der Waals surface area contributed by atoms with Crippen LogP contribution in [0.4, 0.5) is 5.69 Å². The third-order valence-electron chi connectivity index (χ3n) is 4.71. The molecule has 0 unspecified atom stereocenters. The molecule has 8 heteroatoms. The SMILES string of the molecule is COCc1c(C(=O)Nc2ccc(S(=O)(=O)N(C)C(C)C)cc2)oc2ccccc12. The molecule has 0 saturated heterocycles. The molecule has 0 aliphatic heterocycles. The number of benzene rings is 2. The molecule has 29 heavy (non-hydrogen) atoms. The lowest BCUT2D eigenvalue weighted by molar-refractivity contribution is 0.0992. The zero-order chi connectivity index (χ0) is 21.2. The summed E-state index contributed by atoms with van der Waals surface area (Å²) in [5.41, 5.74) is 1.73. The predicted octanol–water partition coefficient (Wildman–Crippen LogP) is 3.86. The molecular formula is C21H24N2O5S. The third-order valence-corrected chi connectivity index (χ3v) is 6.76. The molecule has 0 aliphatic rings. The number of rotatable bonds is 7. The van der Waals surface area contributed by atoms with E-state index in [1.165, 1.54) is 23.5 Å². The van der Waals surface area contributed by atoms with Crippen molar-refractivity contribution in [2.24, 2.45) is 0 Å². The smallest absolute Gasteiger partial charge is 0.291 e. The molecule has 7 nitrogen and oxygen atoms in total. The van der Waals surface area contributed by atoms with Crippen LogP contribution in [0.5, 0.6) is 0 Å². The first-order chi connectivity index (χ1) is 13.8. The quantitative estimate of drug-likeness (QED) is 0.632. The number of methoxy groups -OCH3 is 1. The van der Waals surface area contributed by atoms with Crippen molar-refractivity contribution < 1.29 is 22.4 Å². The average Bonchev–Trinajstić information content (AvgIpc) is 3.07. The molecule has 0 spiro atoms. The molecule has 0 atom stereocenters. The number of fused-ring (bicyclic) bond motifs is 1. The van der Waals surface area contributed by atoms with E-state index in [0.29, 0.717) is 16.8 Å². The van der Waals surface area contributed by atoms with Gasteiger partial charge in [-0.25, -0.2) is 8.42 Å². The lowest BCUT2D eigenvalue weighted by atomic mass is 10.1. The lowest BCUT2D eigenvalue weighted by Gasteiger charge is -2.21. The van der Waals surface area contributed by atoms with E-state index >= 15 is 0 Å². The van der Waals surface area contributed by atoms with E-state index in [2.05, 4.69) is 5.32 Å². The zero-order valence-corrected chi connectivity index (χ0v) is 17.6. The number of hydrogen-bond donors (Lipinski definition) is 1. The summed E-state index contributed by atoms with van der Waals surface area (Å²) in [6.45, 7) is 3.84. The monoisotopic (exact) mass is 416 g/mol. The van der Waals surface area contributed by atoms with Crippen LogP contribution in [-0.2, 0) is 21.4 Å². The fourth-order valence-corrected chi connectivity index (χ4v) is 4.28. The van der Waals surface area contributed by atoms with Crippen molar-refractivity contribution in [3.8, 4) is 0 Å². The van der Waals surface area contributed by atoms with Crippen molar-refractivity contribution >= 4 is 32.6 Å². The van der Waals surface area contributed by atoms with Crippen molar-refractivity contribution in [2.45, 2.75) is 31.4 Å². The molecule has 0 aliphatic carbocycles. The van der Waals surface area contributed by atoms with Gasteiger partial charge in [0.05, 0.1) is 11.5 Å². The fraction of sp³-hybridized carbons (Fsp3) is 0.286. The molecule has 0 fully saturated rings. The van der Waals surface area contributed by atoms with Gasteiger partial charge in [0.2, 0.25) is 10.0 Å². The zero-order valence-electron chi connectivity index (χ0n) is 16.8. The van der Waals surface area contributed by atoms with Gasteiger partial charge in [0.25, 0.3) is 5.91 Å². The molecular weight excluding hydrogens is 392 g/mol. The number of hydrogen-bond acceptors (Lipinski definition) is 5. The number of anilines is 1. The Bertz CT molecular complexity index is 1120. The minimum absolute atomic E-state index is 0.160. The molecule has 3 aromatic rings. The minimum atomic E-state index is -3.58. The van der Waals surface area contributed by atoms with Gasteiger partial charge in [-0.15, -0.1) is 0 Å². The molecule has 1 heterocycles. The number of sulfonamides is 1. The molecule has 2 aromatic carbocycles. The van der Waals surface area contributed by atoms with E-state index in [4.69, 9.17) is 9.15 Å². The summed E-state index contributed by atoms with van der Waals surface area (Å²) in [7, 11) is -0.493. The average molecular weight is 416 g/mol. The Morgan fingerprint density at radius 1 is 1.14 bits per heavy atom. The first-order valence-corrected chi connectivity index (χ1v) is 10.6. The Kier molecular flexibility index (Phi) is 6.07. The molecule has 154 valence electrons. The summed E-state index contributed by atoms with van der Waals surface area (Å²) in [5, 5.41) is 3.57. The standard InChI is InChI=1S/C21H24N2O5S/c1-14(2)23(3)29(25,26)16-11-9-15(10-12-16)22-21(24)20-18(13-27-4)17-7-5-6-8-19(17)28-20/h5-12,14H,13H2,1-4H3,(H,22,24). The first kappa shape index (κ1) is 21.0. The summed E-state index contributed by atoms with van der Waals surface area (Å²) in [6.07, 6.45) is 0. The lowest BCUT2D eigenvalue weighted by Crippen LogP contribution is -2.33. The Morgan fingerprint density at radius 2 is 1.79 bits per heavy atom. The van der Waals surface area contributed by atoms with Gasteiger partial charge in [-0.1, -0.05) is 18.2 Å². The number of nitrogens with zero attached hydrogens (tertiary/aromatic N) is 1. The van der Waals surface area contributed by atoms with E-state index in [-0.39, 0.29) is 23.3 Å². The number of amides is 1. The number of para-hydroxylation sites is 1.